The summed E-state index contributed by atoms with van der Waals surface area (Å²) in [6, 6.07) is -0.267. The van der Waals surface area contributed by atoms with Gasteiger partial charge in [0.1, 0.15) is 5.60 Å². The van der Waals surface area contributed by atoms with Gasteiger partial charge in [0.05, 0.1) is 5.92 Å². The number of amides is 1. The van der Waals surface area contributed by atoms with Gasteiger partial charge in [-0.15, -0.1) is 0 Å². The minimum atomic E-state index is -4.13. The fourth-order valence-electron chi connectivity index (χ4n) is 3.43. The molecule has 2 fully saturated rings. The average molecular weight is 364 g/mol. The lowest BCUT2D eigenvalue weighted by Crippen LogP contribution is -2.46. The van der Waals surface area contributed by atoms with Gasteiger partial charge < -0.3 is 15.0 Å². The zero-order valence-electron chi connectivity index (χ0n) is 15.5. The Bertz CT molecular complexity index is 445. The molecule has 2 rings (SSSR count). The summed E-state index contributed by atoms with van der Waals surface area (Å²) in [6.07, 6.45) is 0.422. The SMILES string of the molecule is CC(C)(C)OC(=O)N(CCCNC1CCCCC1C(F)(F)F)C1CC1. The lowest BCUT2D eigenvalue weighted by molar-refractivity contribution is -0.188. The van der Waals surface area contributed by atoms with Gasteiger partial charge in [0.2, 0.25) is 0 Å². The predicted molar refractivity (Wildman–Crippen MR) is 90.4 cm³/mol. The van der Waals surface area contributed by atoms with Crippen LogP contribution in [0.5, 0.6) is 0 Å². The van der Waals surface area contributed by atoms with E-state index in [1.54, 1.807) is 4.90 Å². The van der Waals surface area contributed by atoms with E-state index in [9.17, 15) is 18.0 Å². The smallest absolute Gasteiger partial charge is 0.410 e. The van der Waals surface area contributed by atoms with Crippen molar-refractivity contribution in [2.45, 2.75) is 89.6 Å². The standard InChI is InChI=1S/C18H31F3N2O2/c1-17(2,3)25-16(24)23(13-9-10-13)12-6-11-22-15-8-5-4-7-14(15)18(19,20)21/h13-15,22H,4-12H2,1-3H3. The minimum absolute atomic E-state index is 0.216. The van der Waals surface area contributed by atoms with Gasteiger partial charge in [0.25, 0.3) is 0 Å². The first-order valence-electron chi connectivity index (χ1n) is 9.37. The highest BCUT2D eigenvalue weighted by Crippen LogP contribution is 2.37. The lowest BCUT2D eigenvalue weighted by Gasteiger charge is -2.34. The predicted octanol–water partition coefficient (Wildman–Crippen LogP) is 4.49. The molecule has 0 bridgehead atoms. The summed E-state index contributed by atoms with van der Waals surface area (Å²) < 4.78 is 44.7. The van der Waals surface area contributed by atoms with Gasteiger partial charge in [0, 0.05) is 18.6 Å². The first-order chi connectivity index (χ1) is 11.6. The number of alkyl halides is 3. The van der Waals surface area contributed by atoms with Crippen LogP contribution in [0.2, 0.25) is 0 Å². The van der Waals surface area contributed by atoms with Crippen LogP contribution in [-0.4, -0.2) is 47.9 Å². The van der Waals surface area contributed by atoms with Crippen molar-refractivity contribution >= 4 is 6.09 Å². The van der Waals surface area contributed by atoms with E-state index >= 15 is 0 Å². The molecule has 2 unspecified atom stereocenters. The van der Waals surface area contributed by atoms with Gasteiger partial charge in [-0.1, -0.05) is 12.8 Å². The molecule has 0 aromatic carbocycles. The molecule has 2 aliphatic carbocycles. The molecule has 0 aliphatic heterocycles. The van der Waals surface area contributed by atoms with Crippen molar-refractivity contribution in [2.75, 3.05) is 13.1 Å². The highest BCUT2D eigenvalue weighted by molar-refractivity contribution is 5.69. The van der Waals surface area contributed by atoms with Crippen LogP contribution in [0.25, 0.3) is 0 Å². The Labute approximate surface area is 148 Å². The Hall–Kier alpha value is -0.980. The third kappa shape index (κ3) is 6.68. The molecular weight excluding hydrogens is 333 g/mol. The maximum absolute atomic E-state index is 13.1. The van der Waals surface area contributed by atoms with Crippen LogP contribution in [0.1, 0.15) is 65.7 Å². The Morgan fingerprint density at radius 2 is 1.76 bits per heavy atom. The van der Waals surface area contributed by atoms with Gasteiger partial charge >= 0.3 is 12.3 Å². The molecule has 0 spiro atoms. The van der Waals surface area contributed by atoms with Crippen LogP contribution in [0.3, 0.4) is 0 Å². The van der Waals surface area contributed by atoms with Crippen LogP contribution < -0.4 is 5.32 Å². The molecule has 0 heterocycles. The molecule has 1 N–H and O–H groups in total. The fraction of sp³-hybridized carbons (Fsp3) is 0.944. The first-order valence-corrected chi connectivity index (χ1v) is 9.37. The van der Waals surface area contributed by atoms with E-state index in [2.05, 4.69) is 5.32 Å². The number of carbonyl (C=O) groups excluding carboxylic acids is 1. The summed E-state index contributed by atoms with van der Waals surface area (Å²) in [7, 11) is 0. The highest BCUT2D eigenvalue weighted by Gasteiger charge is 2.45. The summed E-state index contributed by atoms with van der Waals surface area (Å²) in [6.45, 7) is 6.51. The van der Waals surface area contributed by atoms with Crippen LogP contribution in [0.4, 0.5) is 18.0 Å². The number of halogens is 3. The largest absolute Gasteiger partial charge is 0.444 e. The van der Waals surface area contributed by atoms with E-state index in [0.717, 1.165) is 19.3 Å². The van der Waals surface area contributed by atoms with Gasteiger partial charge in [-0.25, -0.2) is 4.79 Å². The molecule has 1 amide bonds. The zero-order valence-corrected chi connectivity index (χ0v) is 15.5. The molecule has 4 nitrogen and oxygen atoms in total. The number of hydrogen-bond acceptors (Lipinski definition) is 3. The number of rotatable bonds is 6. The number of ether oxygens (including phenoxy) is 1. The van der Waals surface area contributed by atoms with Crippen LogP contribution in [0, 0.1) is 5.92 Å². The van der Waals surface area contributed by atoms with Gasteiger partial charge in [0.15, 0.2) is 0 Å². The second-order valence-electron chi connectivity index (χ2n) is 8.25. The van der Waals surface area contributed by atoms with Crippen molar-refractivity contribution in [1.82, 2.24) is 10.2 Å². The van der Waals surface area contributed by atoms with Crippen molar-refractivity contribution in [3.63, 3.8) is 0 Å². The molecule has 0 saturated heterocycles. The van der Waals surface area contributed by atoms with E-state index in [-0.39, 0.29) is 18.6 Å². The molecule has 0 radical (unpaired) electrons. The lowest BCUT2D eigenvalue weighted by atomic mass is 9.84. The molecule has 0 aromatic rings. The molecule has 2 atom stereocenters. The topological polar surface area (TPSA) is 41.6 Å². The maximum atomic E-state index is 13.1. The van der Waals surface area contributed by atoms with Crippen molar-refractivity contribution in [3.05, 3.63) is 0 Å². The summed E-state index contributed by atoms with van der Waals surface area (Å²) >= 11 is 0. The van der Waals surface area contributed by atoms with E-state index in [1.165, 1.54) is 0 Å². The molecule has 2 aliphatic rings. The van der Waals surface area contributed by atoms with Crippen LogP contribution in [-0.2, 0) is 4.74 Å². The highest BCUT2D eigenvalue weighted by atomic mass is 19.4. The summed E-state index contributed by atoms with van der Waals surface area (Å²) in [5.74, 6) is -1.24. The molecular formula is C18H31F3N2O2. The second-order valence-corrected chi connectivity index (χ2v) is 8.25. The molecule has 25 heavy (non-hydrogen) atoms. The van der Waals surface area contributed by atoms with Gasteiger partial charge in [-0.3, -0.25) is 0 Å². The van der Waals surface area contributed by atoms with Crippen molar-refractivity contribution < 1.29 is 22.7 Å². The maximum Gasteiger partial charge on any atom is 0.410 e. The Morgan fingerprint density at radius 1 is 1.12 bits per heavy atom. The van der Waals surface area contributed by atoms with Crippen molar-refractivity contribution in [3.8, 4) is 0 Å². The summed E-state index contributed by atoms with van der Waals surface area (Å²) in [4.78, 5) is 14.0. The van der Waals surface area contributed by atoms with E-state index in [1.807, 2.05) is 20.8 Å². The van der Waals surface area contributed by atoms with Gasteiger partial charge in [-0.05, 0) is 59.4 Å². The summed E-state index contributed by atoms with van der Waals surface area (Å²) in [5.41, 5.74) is -0.537. The summed E-state index contributed by atoms with van der Waals surface area (Å²) in [5, 5.41) is 3.08. The number of nitrogens with zero attached hydrogens (tertiary/aromatic N) is 1. The minimum Gasteiger partial charge on any atom is -0.444 e. The van der Waals surface area contributed by atoms with Crippen LogP contribution in [0.15, 0.2) is 0 Å². The fourth-order valence-corrected chi connectivity index (χ4v) is 3.43. The molecule has 146 valence electrons. The third-order valence-corrected chi connectivity index (χ3v) is 4.78. The van der Waals surface area contributed by atoms with Crippen molar-refractivity contribution in [1.29, 1.82) is 0 Å². The quantitative estimate of drug-likeness (QED) is 0.706. The third-order valence-electron chi connectivity index (χ3n) is 4.78. The van der Waals surface area contributed by atoms with E-state index < -0.39 is 23.7 Å². The van der Waals surface area contributed by atoms with Gasteiger partial charge in [-0.2, -0.15) is 13.2 Å². The number of hydrogen-bond donors (Lipinski definition) is 1. The van der Waals surface area contributed by atoms with Crippen LogP contribution >= 0.6 is 0 Å². The first kappa shape index (κ1) is 20.3. The molecule has 7 heteroatoms. The molecule has 2 saturated carbocycles. The Balaban J connectivity index is 1.77. The second kappa shape index (κ2) is 8.14. The Kier molecular flexibility index (Phi) is 6.62. The Morgan fingerprint density at radius 3 is 2.32 bits per heavy atom. The number of nitrogens with one attached hydrogen (secondary N) is 1. The molecule has 0 aromatic heterocycles. The normalized spacial score (nSPS) is 24.9. The average Bonchev–Trinajstić information content (AvgIpc) is 3.29. The van der Waals surface area contributed by atoms with E-state index in [0.29, 0.717) is 32.4 Å². The monoisotopic (exact) mass is 364 g/mol. The zero-order chi connectivity index (χ0) is 18.7. The van der Waals surface area contributed by atoms with E-state index in [4.69, 9.17) is 4.74 Å². The number of carbonyl (C=O) groups is 1. The van der Waals surface area contributed by atoms with Crippen molar-refractivity contribution in [2.24, 2.45) is 5.92 Å².